The van der Waals surface area contributed by atoms with E-state index in [2.05, 4.69) is 31.0 Å². The summed E-state index contributed by atoms with van der Waals surface area (Å²) >= 11 is 5.99. The van der Waals surface area contributed by atoms with Crippen LogP contribution in [0.2, 0.25) is 5.02 Å². The summed E-state index contributed by atoms with van der Waals surface area (Å²) in [7, 11) is 2.22. The van der Waals surface area contributed by atoms with Gasteiger partial charge in [-0.05, 0) is 50.4 Å². The maximum Gasteiger partial charge on any atom is 0.0406 e. The van der Waals surface area contributed by atoms with Crippen molar-refractivity contribution in [2.45, 2.75) is 57.5 Å². The van der Waals surface area contributed by atoms with Crippen LogP contribution < -0.4 is 5.73 Å². The van der Waals surface area contributed by atoms with Crippen molar-refractivity contribution in [2.75, 3.05) is 13.6 Å². The molecule has 1 aliphatic carbocycles. The van der Waals surface area contributed by atoms with Gasteiger partial charge >= 0.3 is 0 Å². The fourth-order valence-electron chi connectivity index (χ4n) is 3.65. The van der Waals surface area contributed by atoms with Crippen LogP contribution in [0.1, 0.15) is 57.1 Å². The third-order valence-corrected chi connectivity index (χ3v) is 5.42. The topological polar surface area (TPSA) is 29.3 Å². The normalized spacial score (nSPS) is 20.2. The molecule has 2 unspecified atom stereocenters. The highest BCUT2D eigenvalue weighted by atomic mass is 35.5. The van der Waals surface area contributed by atoms with E-state index in [0.717, 1.165) is 17.5 Å². The number of halogens is 1. The van der Waals surface area contributed by atoms with E-state index in [1.807, 2.05) is 12.1 Å². The standard InChI is InChI=1S/C18H29ClN2/c1-14(15-9-11-17(19)12-10-15)21(2)18(13-20)16-7-5-3-4-6-8-16/h9-12,14,16,18H,3-8,13,20H2,1-2H3. The second-order valence-corrected chi connectivity index (χ2v) is 6.88. The Morgan fingerprint density at radius 1 is 1.14 bits per heavy atom. The summed E-state index contributed by atoms with van der Waals surface area (Å²) in [6, 6.07) is 9.07. The van der Waals surface area contributed by atoms with Crippen molar-refractivity contribution >= 4 is 11.6 Å². The molecule has 1 aliphatic rings. The highest BCUT2D eigenvalue weighted by molar-refractivity contribution is 6.30. The van der Waals surface area contributed by atoms with Gasteiger partial charge in [0.15, 0.2) is 0 Å². The maximum atomic E-state index is 6.13. The summed E-state index contributed by atoms with van der Waals surface area (Å²) in [6.07, 6.45) is 8.18. The molecule has 2 N–H and O–H groups in total. The number of nitrogens with two attached hydrogens (primary N) is 1. The van der Waals surface area contributed by atoms with Crippen molar-refractivity contribution in [1.29, 1.82) is 0 Å². The van der Waals surface area contributed by atoms with Crippen LogP contribution in [0.15, 0.2) is 24.3 Å². The molecule has 0 radical (unpaired) electrons. The Hall–Kier alpha value is -0.570. The van der Waals surface area contributed by atoms with Crippen molar-refractivity contribution in [3.8, 4) is 0 Å². The molecule has 0 amide bonds. The Kier molecular flexibility index (Phi) is 6.53. The number of likely N-dealkylation sites (N-methyl/N-ethyl adjacent to an activating group) is 1. The van der Waals surface area contributed by atoms with Gasteiger partial charge in [-0.1, -0.05) is 49.4 Å². The van der Waals surface area contributed by atoms with E-state index in [1.165, 1.54) is 44.1 Å². The van der Waals surface area contributed by atoms with Crippen LogP contribution >= 0.6 is 11.6 Å². The van der Waals surface area contributed by atoms with Crippen LogP contribution in [0, 0.1) is 5.92 Å². The molecule has 1 aromatic carbocycles. The summed E-state index contributed by atoms with van der Waals surface area (Å²) in [5.41, 5.74) is 7.45. The molecule has 1 saturated carbocycles. The molecular weight excluding hydrogens is 280 g/mol. The van der Waals surface area contributed by atoms with Crippen LogP contribution in [0.5, 0.6) is 0 Å². The van der Waals surface area contributed by atoms with Gasteiger partial charge in [0.05, 0.1) is 0 Å². The van der Waals surface area contributed by atoms with Crippen molar-refractivity contribution in [3.63, 3.8) is 0 Å². The minimum atomic E-state index is 0.374. The number of hydrogen-bond donors (Lipinski definition) is 1. The summed E-state index contributed by atoms with van der Waals surface area (Å²) < 4.78 is 0. The number of hydrogen-bond acceptors (Lipinski definition) is 2. The molecule has 2 atom stereocenters. The van der Waals surface area contributed by atoms with Crippen LogP contribution in [0.4, 0.5) is 0 Å². The highest BCUT2D eigenvalue weighted by Gasteiger charge is 2.28. The zero-order chi connectivity index (χ0) is 15.2. The predicted octanol–water partition coefficient (Wildman–Crippen LogP) is 4.63. The van der Waals surface area contributed by atoms with Gasteiger partial charge in [-0.25, -0.2) is 0 Å². The van der Waals surface area contributed by atoms with Crippen LogP contribution in [-0.2, 0) is 0 Å². The SMILES string of the molecule is CC(c1ccc(Cl)cc1)N(C)C(CN)C1CCCCCC1. The smallest absolute Gasteiger partial charge is 0.0406 e. The lowest BCUT2D eigenvalue weighted by Gasteiger charge is -2.37. The molecular formula is C18H29ClN2. The molecule has 0 saturated heterocycles. The molecule has 0 heterocycles. The molecule has 0 bridgehead atoms. The summed E-state index contributed by atoms with van der Waals surface area (Å²) in [6.45, 7) is 3.02. The van der Waals surface area contributed by atoms with Crippen molar-refractivity contribution in [2.24, 2.45) is 11.7 Å². The molecule has 2 nitrogen and oxygen atoms in total. The number of benzene rings is 1. The monoisotopic (exact) mass is 308 g/mol. The molecule has 118 valence electrons. The zero-order valence-corrected chi connectivity index (χ0v) is 14.1. The van der Waals surface area contributed by atoms with Gasteiger partial charge in [0, 0.05) is 23.7 Å². The lowest BCUT2D eigenvalue weighted by Crippen LogP contribution is -2.44. The second-order valence-electron chi connectivity index (χ2n) is 6.45. The summed E-state index contributed by atoms with van der Waals surface area (Å²) in [5.74, 6) is 0.747. The maximum absolute atomic E-state index is 6.13. The van der Waals surface area contributed by atoms with Gasteiger partial charge in [0.2, 0.25) is 0 Å². The quantitative estimate of drug-likeness (QED) is 0.804. The average molecular weight is 309 g/mol. The van der Waals surface area contributed by atoms with Crippen molar-refractivity contribution in [1.82, 2.24) is 4.90 Å². The minimum absolute atomic E-state index is 0.374. The fourth-order valence-corrected chi connectivity index (χ4v) is 3.78. The molecule has 21 heavy (non-hydrogen) atoms. The molecule has 0 aromatic heterocycles. The van der Waals surface area contributed by atoms with Gasteiger partial charge in [0.1, 0.15) is 0 Å². The number of rotatable bonds is 5. The molecule has 3 heteroatoms. The number of nitrogens with zero attached hydrogens (tertiary/aromatic N) is 1. The average Bonchev–Trinajstić information content (AvgIpc) is 2.77. The Morgan fingerprint density at radius 3 is 2.24 bits per heavy atom. The van der Waals surface area contributed by atoms with E-state index in [1.54, 1.807) is 0 Å². The van der Waals surface area contributed by atoms with Gasteiger partial charge in [-0.15, -0.1) is 0 Å². The first-order chi connectivity index (χ1) is 10.1. The first-order valence-electron chi connectivity index (χ1n) is 8.31. The van der Waals surface area contributed by atoms with E-state index >= 15 is 0 Å². The minimum Gasteiger partial charge on any atom is -0.329 e. The lowest BCUT2D eigenvalue weighted by atomic mass is 9.89. The zero-order valence-electron chi connectivity index (χ0n) is 13.4. The highest BCUT2D eigenvalue weighted by Crippen LogP contribution is 2.31. The predicted molar refractivity (Wildman–Crippen MR) is 91.7 cm³/mol. The molecule has 1 fully saturated rings. The Balaban J connectivity index is 2.07. The first-order valence-corrected chi connectivity index (χ1v) is 8.68. The van der Waals surface area contributed by atoms with E-state index in [0.29, 0.717) is 12.1 Å². The van der Waals surface area contributed by atoms with E-state index < -0.39 is 0 Å². The Morgan fingerprint density at radius 2 is 1.71 bits per heavy atom. The fraction of sp³-hybridized carbons (Fsp3) is 0.667. The van der Waals surface area contributed by atoms with Crippen molar-refractivity contribution < 1.29 is 0 Å². The molecule has 0 aliphatic heterocycles. The summed E-state index contributed by atoms with van der Waals surface area (Å²) in [4.78, 5) is 2.47. The second kappa shape index (κ2) is 8.17. The van der Waals surface area contributed by atoms with Crippen LogP contribution in [0.3, 0.4) is 0 Å². The molecule has 0 spiro atoms. The van der Waals surface area contributed by atoms with Gasteiger partial charge < -0.3 is 5.73 Å². The van der Waals surface area contributed by atoms with E-state index in [-0.39, 0.29) is 0 Å². The van der Waals surface area contributed by atoms with E-state index in [9.17, 15) is 0 Å². The van der Waals surface area contributed by atoms with Gasteiger partial charge in [-0.2, -0.15) is 0 Å². The Bertz CT molecular complexity index is 410. The van der Waals surface area contributed by atoms with Crippen molar-refractivity contribution in [3.05, 3.63) is 34.9 Å². The van der Waals surface area contributed by atoms with Crippen LogP contribution in [0.25, 0.3) is 0 Å². The third kappa shape index (κ3) is 4.45. The largest absolute Gasteiger partial charge is 0.329 e. The van der Waals surface area contributed by atoms with E-state index in [4.69, 9.17) is 17.3 Å². The van der Waals surface area contributed by atoms with Crippen LogP contribution in [-0.4, -0.2) is 24.5 Å². The Labute approximate surface area is 134 Å². The summed E-state index contributed by atoms with van der Waals surface area (Å²) in [5, 5.41) is 0.799. The first kappa shape index (κ1) is 16.8. The molecule has 2 rings (SSSR count). The van der Waals surface area contributed by atoms with Gasteiger partial charge in [-0.3, -0.25) is 4.90 Å². The lowest BCUT2D eigenvalue weighted by molar-refractivity contribution is 0.126. The third-order valence-electron chi connectivity index (χ3n) is 5.17. The van der Waals surface area contributed by atoms with Gasteiger partial charge in [0.25, 0.3) is 0 Å². The molecule has 1 aromatic rings.